The highest BCUT2D eigenvalue weighted by atomic mass is 32.1. The molecule has 4 rings (SSSR count). The average molecular weight is 385 g/mol. The third-order valence-electron chi connectivity index (χ3n) is 4.17. The fraction of sp³-hybridized carbons (Fsp3) is 0.0455. The summed E-state index contributed by atoms with van der Waals surface area (Å²) in [5, 5.41) is 16.3. The fourth-order valence-electron chi connectivity index (χ4n) is 2.83. The lowest BCUT2D eigenvalue weighted by atomic mass is 10.0. The maximum Gasteiger partial charge on any atom is 0.264 e. The Labute approximate surface area is 165 Å². The van der Waals surface area contributed by atoms with E-state index in [1.807, 2.05) is 35.7 Å². The van der Waals surface area contributed by atoms with Crippen LogP contribution in [0.15, 0.2) is 72.1 Å². The number of hydrogen-bond donors (Lipinski definition) is 1. The van der Waals surface area contributed by atoms with E-state index in [2.05, 4.69) is 28.5 Å². The Morgan fingerprint density at radius 3 is 2.68 bits per heavy atom. The van der Waals surface area contributed by atoms with Crippen LogP contribution >= 0.6 is 11.3 Å². The van der Waals surface area contributed by atoms with Crippen molar-refractivity contribution in [3.05, 3.63) is 77.7 Å². The number of benzene rings is 3. The molecule has 0 unspecified atom stereocenters. The van der Waals surface area contributed by atoms with Crippen molar-refractivity contribution in [2.45, 2.75) is 0 Å². The molecule has 0 aliphatic heterocycles. The first-order valence-electron chi connectivity index (χ1n) is 8.59. The maximum atomic E-state index is 12.1. The fourth-order valence-corrected chi connectivity index (χ4v) is 3.56. The molecule has 28 heavy (non-hydrogen) atoms. The Morgan fingerprint density at radius 1 is 1.07 bits per heavy atom. The van der Waals surface area contributed by atoms with Gasteiger partial charge in [0.2, 0.25) is 0 Å². The Balaban J connectivity index is 1.43. The molecular formula is C22H15N3O2S. The Morgan fingerprint density at radius 2 is 1.86 bits per heavy atom. The summed E-state index contributed by atoms with van der Waals surface area (Å²) in [6, 6.07) is 22.9. The molecule has 0 saturated heterocycles. The molecular weight excluding hydrogens is 370 g/mol. The van der Waals surface area contributed by atoms with Crippen molar-refractivity contribution in [2.75, 3.05) is 11.9 Å². The van der Waals surface area contributed by atoms with Crippen molar-refractivity contribution in [2.24, 2.45) is 0 Å². The van der Waals surface area contributed by atoms with E-state index in [0.717, 1.165) is 22.0 Å². The summed E-state index contributed by atoms with van der Waals surface area (Å²) in [5.41, 5.74) is 2.40. The number of anilines is 1. The molecule has 0 fully saturated rings. The summed E-state index contributed by atoms with van der Waals surface area (Å²) < 4.78 is 5.44. The molecule has 136 valence electrons. The van der Waals surface area contributed by atoms with Crippen LogP contribution in [-0.4, -0.2) is 17.5 Å². The van der Waals surface area contributed by atoms with E-state index in [0.29, 0.717) is 16.4 Å². The van der Waals surface area contributed by atoms with Crippen molar-refractivity contribution in [1.82, 2.24) is 4.98 Å². The normalized spacial score (nSPS) is 10.4. The number of hydrogen-bond acceptors (Lipinski definition) is 5. The number of nitriles is 1. The van der Waals surface area contributed by atoms with Crippen LogP contribution in [0, 0.1) is 11.3 Å². The molecule has 1 heterocycles. The zero-order valence-corrected chi connectivity index (χ0v) is 15.6. The van der Waals surface area contributed by atoms with Crippen LogP contribution in [0.5, 0.6) is 5.75 Å². The topological polar surface area (TPSA) is 75.0 Å². The van der Waals surface area contributed by atoms with Crippen LogP contribution in [0.25, 0.3) is 22.0 Å². The highest BCUT2D eigenvalue weighted by Crippen LogP contribution is 2.30. The smallest absolute Gasteiger partial charge is 0.264 e. The zero-order valence-electron chi connectivity index (χ0n) is 14.8. The second-order valence-electron chi connectivity index (χ2n) is 6.04. The van der Waals surface area contributed by atoms with Gasteiger partial charge in [0.25, 0.3) is 5.91 Å². The third-order valence-corrected chi connectivity index (χ3v) is 4.93. The number of rotatable bonds is 5. The molecule has 0 spiro atoms. The summed E-state index contributed by atoms with van der Waals surface area (Å²) in [6.07, 6.45) is 0. The minimum absolute atomic E-state index is 0.130. The predicted molar refractivity (Wildman–Crippen MR) is 110 cm³/mol. The minimum atomic E-state index is -0.289. The van der Waals surface area contributed by atoms with Crippen molar-refractivity contribution in [1.29, 1.82) is 5.26 Å². The van der Waals surface area contributed by atoms with Gasteiger partial charge >= 0.3 is 0 Å². The quantitative estimate of drug-likeness (QED) is 0.533. The SMILES string of the molecule is N#Cc1ccc(OCC(=O)Nc2nc(-c3cccc4ccccc34)cs2)cc1. The van der Waals surface area contributed by atoms with Gasteiger partial charge in [0.1, 0.15) is 5.75 Å². The molecule has 0 atom stereocenters. The second kappa shape index (κ2) is 7.91. The summed E-state index contributed by atoms with van der Waals surface area (Å²) in [7, 11) is 0. The van der Waals surface area contributed by atoms with Crippen LogP contribution < -0.4 is 10.1 Å². The monoisotopic (exact) mass is 385 g/mol. The summed E-state index contributed by atoms with van der Waals surface area (Å²) >= 11 is 1.37. The van der Waals surface area contributed by atoms with E-state index in [4.69, 9.17) is 10.00 Å². The largest absolute Gasteiger partial charge is 0.484 e. The Kier molecular flexibility index (Phi) is 5.00. The first kappa shape index (κ1) is 17.7. The van der Waals surface area contributed by atoms with Gasteiger partial charge in [-0.05, 0) is 35.0 Å². The highest BCUT2D eigenvalue weighted by Gasteiger charge is 2.11. The van der Waals surface area contributed by atoms with E-state index in [-0.39, 0.29) is 12.5 Å². The number of nitrogens with one attached hydrogen (secondary N) is 1. The lowest BCUT2D eigenvalue weighted by molar-refractivity contribution is -0.118. The lowest BCUT2D eigenvalue weighted by Crippen LogP contribution is -2.20. The average Bonchev–Trinajstić information content (AvgIpc) is 3.20. The molecule has 6 heteroatoms. The van der Waals surface area contributed by atoms with Crippen molar-refractivity contribution in [3.63, 3.8) is 0 Å². The maximum absolute atomic E-state index is 12.1. The predicted octanol–water partition coefficient (Wildman–Crippen LogP) is 4.85. The number of carbonyl (C=O) groups is 1. The molecule has 5 nitrogen and oxygen atoms in total. The first-order chi connectivity index (χ1) is 13.7. The molecule has 0 radical (unpaired) electrons. The second-order valence-corrected chi connectivity index (χ2v) is 6.90. The summed E-state index contributed by atoms with van der Waals surface area (Å²) in [4.78, 5) is 16.7. The molecule has 0 bridgehead atoms. The van der Waals surface area contributed by atoms with Crippen molar-refractivity contribution >= 4 is 33.1 Å². The molecule has 1 amide bonds. The number of amides is 1. The molecule has 3 aromatic carbocycles. The van der Waals surface area contributed by atoms with Gasteiger partial charge in [0.05, 0.1) is 17.3 Å². The van der Waals surface area contributed by atoms with E-state index >= 15 is 0 Å². The van der Waals surface area contributed by atoms with Crippen LogP contribution in [0.4, 0.5) is 5.13 Å². The van der Waals surface area contributed by atoms with E-state index in [1.165, 1.54) is 11.3 Å². The molecule has 0 aliphatic rings. The van der Waals surface area contributed by atoms with Gasteiger partial charge in [-0.15, -0.1) is 11.3 Å². The number of fused-ring (bicyclic) bond motifs is 1. The van der Waals surface area contributed by atoms with Gasteiger partial charge in [-0.1, -0.05) is 42.5 Å². The molecule has 0 aliphatic carbocycles. The summed E-state index contributed by atoms with van der Waals surface area (Å²) in [6.45, 7) is -0.130. The molecule has 1 N–H and O–H groups in total. The van der Waals surface area contributed by atoms with Crippen molar-refractivity contribution in [3.8, 4) is 23.1 Å². The van der Waals surface area contributed by atoms with Gasteiger partial charge in [-0.25, -0.2) is 4.98 Å². The molecule has 0 saturated carbocycles. The Hall–Kier alpha value is -3.69. The lowest BCUT2D eigenvalue weighted by Gasteiger charge is -2.06. The third kappa shape index (κ3) is 3.85. The summed E-state index contributed by atoms with van der Waals surface area (Å²) in [5.74, 6) is 0.243. The van der Waals surface area contributed by atoms with Crippen LogP contribution in [0.2, 0.25) is 0 Å². The zero-order chi connectivity index (χ0) is 19.3. The van der Waals surface area contributed by atoms with Gasteiger partial charge in [0.15, 0.2) is 11.7 Å². The van der Waals surface area contributed by atoms with Crippen molar-refractivity contribution < 1.29 is 9.53 Å². The Bertz CT molecular complexity index is 1170. The van der Waals surface area contributed by atoms with E-state index < -0.39 is 0 Å². The number of ether oxygens (including phenoxy) is 1. The van der Waals surface area contributed by atoms with Crippen LogP contribution in [0.3, 0.4) is 0 Å². The van der Waals surface area contributed by atoms with E-state index in [1.54, 1.807) is 24.3 Å². The molecule has 4 aromatic rings. The van der Waals surface area contributed by atoms with Crippen LogP contribution in [0.1, 0.15) is 5.56 Å². The van der Waals surface area contributed by atoms with Gasteiger partial charge in [-0.3, -0.25) is 10.1 Å². The van der Waals surface area contributed by atoms with Gasteiger partial charge in [0, 0.05) is 10.9 Å². The number of aromatic nitrogens is 1. The number of thiazole rings is 1. The highest BCUT2D eigenvalue weighted by molar-refractivity contribution is 7.14. The van der Waals surface area contributed by atoms with Gasteiger partial charge in [-0.2, -0.15) is 5.26 Å². The van der Waals surface area contributed by atoms with Crippen LogP contribution in [-0.2, 0) is 4.79 Å². The minimum Gasteiger partial charge on any atom is -0.484 e. The molecule has 1 aromatic heterocycles. The number of carbonyl (C=O) groups excluding carboxylic acids is 1. The van der Waals surface area contributed by atoms with E-state index in [9.17, 15) is 4.79 Å². The van der Waals surface area contributed by atoms with Gasteiger partial charge < -0.3 is 4.74 Å². The first-order valence-corrected chi connectivity index (χ1v) is 9.47. The number of nitrogens with zero attached hydrogens (tertiary/aromatic N) is 2. The standard InChI is InChI=1S/C22H15N3O2S/c23-12-15-8-10-17(11-9-15)27-13-21(26)25-22-24-20(14-28-22)19-7-3-5-16-4-1-2-6-18(16)19/h1-11,14H,13H2,(H,24,25,26).